The average Bonchev–Trinajstić information content (AvgIpc) is 3.22. The molecular weight excluding hydrogens is 473 g/mol. The van der Waals surface area contributed by atoms with E-state index in [1.165, 1.54) is 16.8 Å². The smallest absolute Gasteiger partial charge is 0.382 e. The maximum Gasteiger partial charge on any atom is 0.435 e. The first kappa shape index (κ1) is 25.9. The third kappa shape index (κ3) is 5.04. The Kier molecular flexibility index (Phi) is 7.26. The molecule has 7 nitrogen and oxygen atoms in total. The second-order valence-corrected chi connectivity index (χ2v) is 9.75. The normalized spacial score (nSPS) is 24.3. The molecule has 0 radical (unpaired) electrons. The van der Waals surface area contributed by atoms with Crippen molar-refractivity contribution in [2.75, 3.05) is 11.9 Å². The molecule has 1 saturated carbocycles. The highest BCUT2D eigenvalue weighted by Crippen LogP contribution is 2.40. The first-order valence-electron chi connectivity index (χ1n) is 12.2. The molecule has 4 rings (SSSR count). The molecule has 1 fully saturated rings. The molecule has 2 aliphatic rings. The van der Waals surface area contributed by atoms with Crippen molar-refractivity contribution in [2.45, 2.75) is 64.3 Å². The van der Waals surface area contributed by atoms with E-state index in [1.54, 1.807) is 19.1 Å². The Labute approximate surface area is 207 Å². The number of carbonyl (C=O) groups is 2. The summed E-state index contributed by atoms with van der Waals surface area (Å²) in [6, 6.07) is 4.62. The van der Waals surface area contributed by atoms with Crippen LogP contribution >= 0.6 is 0 Å². The van der Waals surface area contributed by atoms with Gasteiger partial charge in [-0.15, -0.1) is 6.58 Å². The van der Waals surface area contributed by atoms with Gasteiger partial charge in [0, 0.05) is 17.6 Å². The molecule has 1 aromatic heterocycles. The number of nitrogens with one attached hydrogen (secondary N) is 1. The highest BCUT2D eigenvalue weighted by molar-refractivity contribution is 6.01. The molecule has 0 saturated heterocycles. The first-order chi connectivity index (χ1) is 17.0. The number of halogens is 3. The molecule has 0 bridgehead atoms. The summed E-state index contributed by atoms with van der Waals surface area (Å²) in [4.78, 5) is 25.0. The number of hydrogen-bond donors (Lipinski definition) is 2. The van der Waals surface area contributed by atoms with Crippen molar-refractivity contribution in [3.8, 4) is 5.69 Å². The average molecular weight is 505 g/mol. The fourth-order valence-corrected chi connectivity index (χ4v) is 5.08. The zero-order valence-electron chi connectivity index (χ0n) is 20.4. The minimum Gasteiger partial charge on any atom is -0.382 e. The molecule has 3 N–H and O–H groups in total. The van der Waals surface area contributed by atoms with Crippen molar-refractivity contribution in [1.29, 1.82) is 0 Å². The molecule has 2 aromatic rings. The zero-order valence-corrected chi connectivity index (χ0v) is 20.4. The quantitative estimate of drug-likeness (QED) is 0.521. The Morgan fingerprint density at radius 2 is 1.97 bits per heavy atom. The van der Waals surface area contributed by atoms with Crippen LogP contribution in [-0.4, -0.2) is 40.2 Å². The Morgan fingerprint density at radius 1 is 1.28 bits per heavy atom. The molecule has 2 unspecified atom stereocenters. The zero-order chi connectivity index (χ0) is 26.2. The van der Waals surface area contributed by atoms with Crippen LogP contribution in [0.5, 0.6) is 0 Å². The molecule has 2 atom stereocenters. The van der Waals surface area contributed by atoms with Gasteiger partial charge in [0.2, 0.25) is 0 Å². The van der Waals surface area contributed by atoms with Crippen LogP contribution in [0.2, 0.25) is 0 Å². The van der Waals surface area contributed by atoms with Gasteiger partial charge in [0.15, 0.2) is 11.5 Å². The Morgan fingerprint density at radius 3 is 2.58 bits per heavy atom. The van der Waals surface area contributed by atoms with E-state index in [1.807, 2.05) is 6.92 Å². The van der Waals surface area contributed by atoms with E-state index in [2.05, 4.69) is 17.0 Å². The summed E-state index contributed by atoms with van der Waals surface area (Å²) in [6.07, 6.45) is 0.608. The lowest BCUT2D eigenvalue weighted by atomic mass is 9.78. The summed E-state index contributed by atoms with van der Waals surface area (Å²) in [7, 11) is 0. The molecule has 0 spiro atoms. The van der Waals surface area contributed by atoms with E-state index in [-0.39, 0.29) is 41.3 Å². The second kappa shape index (κ2) is 10.1. The van der Waals surface area contributed by atoms with E-state index in [0.717, 1.165) is 25.7 Å². The van der Waals surface area contributed by atoms with Gasteiger partial charge in [-0.25, -0.2) is 4.68 Å². The van der Waals surface area contributed by atoms with E-state index >= 15 is 0 Å². The van der Waals surface area contributed by atoms with E-state index in [0.29, 0.717) is 18.0 Å². The van der Waals surface area contributed by atoms with Gasteiger partial charge in [0.25, 0.3) is 5.91 Å². The number of anilines is 1. The maximum atomic E-state index is 13.9. The van der Waals surface area contributed by atoms with Gasteiger partial charge < -0.3 is 15.8 Å². The fourth-order valence-electron chi connectivity index (χ4n) is 5.08. The van der Waals surface area contributed by atoms with Gasteiger partial charge in [-0.1, -0.05) is 19.9 Å². The molecule has 1 heterocycles. The summed E-state index contributed by atoms with van der Waals surface area (Å²) < 4.78 is 48.5. The first-order valence-corrected chi connectivity index (χ1v) is 12.2. The van der Waals surface area contributed by atoms with Crippen molar-refractivity contribution in [3.63, 3.8) is 0 Å². The van der Waals surface area contributed by atoms with Gasteiger partial charge in [0.05, 0.1) is 35.2 Å². The maximum absolute atomic E-state index is 13.9. The van der Waals surface area contributed by atoms with Crippen molar-refractivity contribution in [3.05, 3.63) is 53.4 Å². The van der Waals surface area contributed by atoms with Gasteiger partial charge in [-0.2, -0.15) is 18.3 Å². The fraction of sp³-hybridized carbons (Fsp3) is 0.500. The van der Waals surface area contributed by atoms with Gasteiger partial charge in [0.1, 0.15) is 0 Å². The number of rotatable bonds is 7. The summed E-state index contributed by atoms with van der Waals surface area (Å²) in [6.45, 7) is 7.64. The van der Waals surface area contributed by atoms with Gasteiger partial charge in [-0.3, -0.25) is 9.59 Å². The molecule has 1 amide bonds. The number of amides is 1. The highest BCUT2D eigenvalue weighted by atomic mass is 19.4. The summed E-state index contributed by atoms with van der Waals surface area (Å²) >= 11 is 0. The number of Topliss-reactive ketones (excluding diaryl/α,β-unsaturated/α-hetero) is 1. The Hall–Kier alpha value is -3.14. The molecule has 10 heteroatoms. The third-order valence-corrected chi connectivity index (χ3v) is 7.28. The monoisotopic (exact) mass is 504 g/mol. The summed E-state index contributed by atoms with van der Waals surface area (Å²) in [5, 5.41) is 7.21. The number of nitrogens with zero attached hydrogens (tertiary/aromatic N) is 2. The number of nitrogens with two attached hydrogens (primary N) is 1. The van der Waals surface area contributed by atoms with Crippen molar-refractivity contribution in [2.24, 2.45) is 17.6 Å². The Balaban J connectivity index is 1.69. The van der Waals surface area contributed by atoms with Crippen molar-refractivity contribution in [1.82, 2.24) is 9.78 Å². The predicted octanol–water partition coefficient (Wildman–Crippen LogP) is 4.93. The molecule has 0 aliphatic heterocycles. The molecule has 1 aromatic carbocycles. The lowest BCUT2D eigenvalue weighted by molar-refractivity contribution is -0.141. The summed E-state index contributed by atoms with van der Waals surface area (Å²) in [5.74, 6) is -1.87. The van der Waals surface area contributed by atoms with Crippen LogP contribution < -0.4 is 11.1 Å². The number of alkyl halides is 3. The summed E-state index contributed by atoms with van der Waals surface area (Å²) in [5.41, 5.74) is 5.27. The SMILES string of the molecule is C=CCOC1CCC(Nc2cc(-n3nc(C(F)(F)F)c4c3CC(C)C(C)C4=O)ccc2C(N)=O)CC1. The van der Waals surface area contributed by atoms with Crippen LogP contribution in [0, 0.1) is 11.8 Å². The predicted molar refractivity (Wildman–Crippen MR) is 129 cm³/mol. The largest absolute Gasteiger partial charge is 0.435 e. The minimum absolute atomic E-state index is 0.0432. The number of primary amides is 1. The van der Waals surface area contributed by atoms with Crippen LogP contribution in [0.3, 0.4) is 0 Å². The third-order valence-electron chi connectivity index (χ3n) is 7.28. The number of ketones is 1. The number of hydrogen-bond acceptors (Lipinski definition) is 5. The van der Waals surface area contributed by atoms with Crippen molar-refractivity contribution >= 4 is 17.4 Å². The van der Waals surface area contributed by atoms with E-state index < -0.39 is 29.5 Å². The number of carbonyl (C=O) groups excluding carboxylic acids is 2. The van der Waals surface area contributed by atoms with Crippen LogP contribution in [0.25, 0.3) is 5.69 Å². The van der Waals surface area contributed by atoms with E-state index in [4.69, 9.17) is 10.5 Å². The molecule has 36 heavy (non-hydrogen) atoms. The number of fused-ring (bicyclic) bond motifs is 1. The molecule has 194 valence electrons. The number of ether oxygens (including phenoxy) is 1. The topological polar surface area (TPSA) is 99.2 Å². The van der Waals surface area contributed by atoms with Crippen LogP contribution in [0.4, 0.5) is 18.9 Å². The highest BCUT2D eigenvalue weighted by Gasteiger charge is 2.45. The molecule has 2 aliphatic carbocycles. The van der Waals surface area contributed by atoms with Crippen LogP contribution in [0.1, 0.15) is 71.6 Å². The standard InChI is InChI=1S/C26H31F3N4O3/c1-4-11-36-18-8-5-16(6-9-18)31-20-13-17(7-10-19(20)25(30)35)33-21-12-14(2)15(3)23(34)22(21)24(32-33)26(27,28)29/h4,7,10,13-16,18,31H,1,5-6,8-9,11-12H2,2-3H3,(H2,30,35). The number of aromatic nitrogens is 2. The minimum atomic E-state index is -4.77. The second-order valence-electron chi connectivity index (χ2n) is 9.75. The van der Waals surface area contributed by atoms with Crippen LogP contribution in [-0.2, 0) is 17.3 Å². The lowest BCUT2D eigenvalue weighted by Crippen LogP contribution is -2.31. The number of benzene rings is 1. The van der Waals surface area contributed by atoms with Crippen molar-refractivity contribution < 1.29 is 27.5 Å². The van der Waals surface area contributed by atoms with Crippen LogP contribution in [0.15, 0.2) is 30.9 Å². The van der Waals surface area contributed by atoms with Gasteiger partial charge >= 0.3 is 6.18 Å². The Bertz CT molecular complexity index is 1170. The molecular formula is C26H31F3N4O3. The van der Waals surface area contributed by atoms with E-state index in [9.17, 15) is 22.8 Å². The lowest BCUT2D eigenvalue weighted by Gasteiger charge is -2.30. The van der Waals surface area contributed by atoms with Gasteiger partial charge in [-0.05, 0) is 56.2 Å².